The van der Waals surface area contributed by atoms with Gasteiger partial charge in [-0.1, -0.05) is 0 Å². The van der Waals surface area contributed by atoms with Crippen LogP contribution >= 0.6 is 0 Å². The van der Waals surface area contributed by atoms with E-state index in [0.29, 0.717) is 12.4 Å². The summed E-state index contributed by atoms with van der Waals surface area (Å²) in [4.78, 5) is 17.4. The molecule has 1 aliphatic heterocycles. The van der Waals surface area contributed by atoms with Gasteiger partial charge in [-0.15, -0.1) is 0 Å². The normalized spacial score (nSPS) is 19.6. The third kappa shape index (κ3) is 2.39. The molecule has 2 rings (SSSR count). The van der Waals surface area contributed by atoms with Crippen molar-refractivity contribution in [2.45, 2.75) is 18.9 Å². The highest BCUT2D eigenvalue weighted by molar-refractivity contribution is 5.93. The molecular formula is C12H16N2O3. The van der Waals surface area contributed by atoms with Gasteiger partial charge in [0.2, 0.25) is 0 Å². The number of carboxylic acid groups (broad SMARTS) is 1. The molecule has 0 amide bonds. The quantitative estimate of drug-likeness (QED) is 0.856. The highest BCUT2D eigenvalue weighted by atomic mass is 16.5. The molecule has 1 saturated heterocycles. The lowest BCUT2D eigenvalue weighted by molar-refractivity contribution is 0.0697. The van der Waals surface area contributed by atoms with Crippen molar-refractivity contribution in [2.75, 3.05) is 25.2 Å². The largest absolute Gasteiger partial charge is 0.478 e. The van der Waals surface area contributed by atoms with Crippen molar-refractivity contribution in [3.8, 4) is 0 Å². The van der Waals surface area contributed by atoms with Crippen molar-refractivity contribution < 1.29 is 14.6 Å². The van der Waals surface area contributed by atoms with Crippen molar-refractivity contribution in [2.24, 2.45) is 0 Å². The maximum Gasteiger partial charge on any atom is 0.339 e. The number of rotatable bonds is 4. The summed E-state index contributed by atoms with van der Waals surface area (Å²) in [6.45, 7) is 1.45. The molecule has 0 spiro atoms. The van der Waals surface area contributed by atoms with E-state index in [-0.39, 0.29) is 11.6 Å². The fraction of sp³-hybridized carbons (Fsp3) is 0.500. The minimum atomic E-state index is -0.934. The average molecular weight is 236 g/mol. The van der Waals surface area contributed by atoms with E-state index in [1.807, 2.05) is 4.90 Å². The van der Waals surface area contributed by atoms with Crippen LogP contribution in [0.2, 0.25) is 0 Å². The first kappa shape index (κ1) is 11.9. The Labute approximate surface area is 100 Å². The lowest BCUT2D eigenvalue weighted by Crippen LogP contribution is -2.34. The van der Waals surface area contributed by atoms with Gasteiger partial charge in [-0.05, 0) is 25.0 Å². The van der Waals surface area contributed by atoms with Crippen LogP contribution in [0.3, 0.4) is 0 Å². The van der Waals surface area contributed by atoms with Gasteiger partial charge in [0.1, 0.15) is 11.4 Å². The molecule has 2 heterocycles. The molecule has 1 aromatic heterocycles. The number of carboxylic acids is 1. The Bertz CT molecular complexity index is 408. The van der Waals surface area contributed by atoms with Gasteiger partial charge in [0.15, 0.2) is 0 Å². The number of hydrogen-bond donors (Lipinski definition) is 1. The second-order valence-electron chi connectivity index (χ2n) is 4.12. The van der Waals surface area contributed by atoms with Crippen molar-refractivity contribution >= 4 is 11.8 Å². The van der Waals surface area contributed by atoms with Crippen LogP contribution in [0.5, 0.6) is 0 Å². The second kappa shape index (κ2) is 5.14. The number of aromatic nitrogens is 1. The van der Waals surface area contributed by atoms with E-state index < -0.39 is 5.97 Å². The smallest absolute Gasteiger partial charge is 0.339 e. The second-order valence-corrected chi connectivity index (χ2v) is 4.12. The number of ether oxygens (including phenoxy) is 1. The van der Waals surface area contributed by atoms with Gasteiger partial charge < -0.3 is 14.7 Å². The minimum absolute atomic E-state index is 0.230. The standard InChI is InChI=1S/C12H16N2O3/c1-17-8-9-4-3-7-14(9)11-10(12(15)16)5-2-6-13-11/h2,5-6,9H,3-4,7-8H2,1H3,(H,15,16)/t9-/m1/s1. The van der Waals surface area contributed by atoms with E-state index in [0.717, 1.165) is 19.4 Å². The molecule has 1 atom stereocenters. The van der Waals surface area contributed by atoms with Crippen LogP contribution in [0.4, 0.5) is 5.82 Å². The lowest BCUT2D eigenvalue weighted by Gasteiger charge is -2.26. The number of carbonyl (C=O) groups is 1. The molecule has 0 bridgehead atoms. The molecule has 0 saturated carbocycles. The molecule has 0 radical (unpaired) electrons. The SMILES string of the molecule is COC[C@H]1CCCN1c1ncccc1C(=O)O. The zero-order chi connectivity index (χ0) is 12.3. The van der Waals surface area contributed by atoms with Crippen molar-refractivity contribution in [3.05, 3.63) is 23.9 Å². The zero-order valence-corrected chi connectivity index (χ0v) is 9.80. The van der Waals surface area contributed by atoms with E-state index in [2.05, 4.69) is 4.98 Å². The van der Waals surface area contributed by atoms with E-state index in [1.165, 1.54) is 0 Å². The third-order valence-corrected chi connectivity index (χ3v) is 3.03. The van der Waals surface area contributed by atoms with Crippen LogP contribution in [0.25, 0.3) is 0 Å². The Morgan fingerprint density at radius 1 is 1.71 bits per heavy atom. The summed E-state index contributed by atoms with van der Waals surface area (Å²) in [6, 6.07) is 3.47. The molecule has 5 nitrogen and oxygen atoms in total. The summed E-state index contributed by atoms with van der Waals surface area (Å²) in [6.07, 6.45) is 3.69. The predicted octanol–water partition coefficient (Wildman–Crippen LogP) is 1.40. The molecule has 1 aromatic rings. The molecule has 92 valence electrons. The summed E-state index contributed by atoms with van der Waals surface area (Å²) in [5, 5.41) is 9.14. The van der Waals surface area contributed by atoms with Crippen LogP contribution in [-0.2, 0) is 4.74 Å². The van der Waals surface area contributed by atoms with Gasteiger partial charge in [-0.25, -0.2) is 9.78 Å². The molecule has 0 aromatic carbocycles. The number of nitrogens with zero attached hydrogens (tertiary/aromatic N) is 2. The summed E-state index contributed by atoms with van der Waals surface area (Å²) in [7, 11) is 1.66. The highest BCUT2D eigenvalue weighted by Gasteiger charge is 2.28. The summed E-state index contributed by atoms with van der Waals surface area (Å²) in [5.74, 6) is -0.379. The van der Waals surface area contributed by atoms with Crippen LogP contribution in [-0.4, -0.2) is 42.4 Å². The number of hydrogen-bond acceptors (Lipinski definition) is 4. The summed E-state index contributed by atoms with van der Waals surface area (Å²) < 4.78 is 5.16. The number of anilines is 1. The van der Waals surface area contributed by atoms with Gasteiger partial charge in [-0.2, -0.15) is 0 Å². The highest BCUT2D eigenvalue weighted by Crippen LogP contribution is 2.26. The summed E-state index contributed by atoms with van der Waals surface area (Å²) >= 11 is 0. The Hall–Kier alpha value is -1.62. The van der Waals surface area contributed by atoms with Gasteiger partial charge in [0.05, 0.1) is 12.6 Å². The molecule has 0 aliphatic carbocycles. The molecule has 1 aliphatic rings. The molecule has 1 N–H and O–H groups in total. The van der Waals surface area contributed by atoms with E-state index in [4.69, 9.17) is 9.84 Å². The maximum atomic E-state index is 11.1. The predicted molar refractivity (Wildman–Crippen MR) is 63.4 cm³/mol. The monoisotopic (exact) mass is 236 g/mol. The number of methoxy groups -OCH3 is 1. The topological polar surface area (TPSA) is 62.7 Å². The van der Waals surface area contributed by atoms with Crippen molar-refractivity contribution in [1.29, 1.82) is 0 Å². The van der Waals surface area contributed by atoms with Crippen molar-refractivity contribution in [1.82, 2.24) is 4.98 Å². The van der Waals surface area contributed by atoms with E-state index >= 15 is 0 Å². The maximum absolute atomic E-state index is 11.1. The third-order valence-electron chi connectivity index (χ3n) is 3.03. The first-order valence-electron chi connectivity index (χ1n) is 5.68. The zero-order valence-electron chi connectivity index (χ0n) is 9.80. The molecule has 1 fully saturated rings. The van der Waals surface area contributed by atoms with Gasteiger partial charge in [0, 0.05) is 19.9 Å². The first-order chi connectivity index (χ1) is 8.24. The fourth-order valence-corrected chi connectivity index (χ4v) is 2.27. The fourth-order valence-electron chi connectivity index (χ4n) is 2.27. The van der Waals surface area contributed by atoms with Crippen LogP contribution in [0.1, 0.15) is 23.2 Å². The number of pyridine rings is 1. The molecule has 0 unspecified atom stereocenters. The van der Waals surface area contributed by atoms with E-state index in [1.54, 1.807) is 25.4 Å². The Morgan fingerprint density at radius 3 is 3.24 bits per heavy atom. The molecule has 5 heteroatoms. The van der Waals surface area contributed by atoms with Gasteiger partial charge in [-0.3, -0.25) is 0 Å². The lowest BCUT2D eigenvalue weighted by atomic mass is 10.2. The van der Waals surface area contributed by atoms with Crippen LogP contribution < -0.4 is 4.90 Å². The Morgan fingerprint density at radius 2 is 2.53 bits per heavy atom. The van der Waals surface area contributed by atoms with Crippen LogP contribution in [0, 0.1) is 0 Å². The molecule has 17 heavy (non-hydrogen) atoms. The average Bonchev–Trinajstić information content (AvgIpc) is 2.77. The Kier molecular flexibility index (Phi) is 3.58. The van der Waals surface area contributed by atoms with E-state index in [9.17, 15) is 4.79 Å². The number of aromatic carboxylic acids is 1. The van der Waals surface area contributed by atoms with Gasteiger partial charge >= 0.3 is 5.97 Å². The van der Waals surface area contributed by atoms with Crippen molar-refractivity contribution in [3.63, 3.8) is 0 Å². The summed E-state index contributed by atoms with van der Waals surface area (Å²) in [5.41, 5.74) is 0.260. The molecular weight excluding hydrogens is 220 g/mol. The first-order valence-corrected chi connectivity index (χ1v) is 5.68. The van der Waals surface area contributed by atoms with Crippen LogP contribution in [0.15, 0.2) is 18.3 Å². The minimum Gasteiger partial charge on any atom is -0.478 e. The Balaban J connectivity index is 2.29. The van der Waals surface area contributed by atoms with Gasteiger partial charge in [0.25, 0.3) is 0 Å².